The van der Waals surface area contributed by atoms with Crippen LogP contribution in [0.3, 0.4) is 0 Å². The third-order valence-corrected chi connectivity index (χ3v) is 2.54. The summed E-state index contributed by atoms with van der Waals surface area (Å²) in [6.07, 6.45) is 3.23. The van der Waals surface area contributed by atoms with E-state index in [1.165, 1.54) is 0 Å². The zero-order chi connectivity index (χ0) is 10.8. The molecule has 5 heteroatoms. The highest BCUT2D eigenvalue weighted by atomic mass is 15.6. The van der Waals surface area contributed by atoms with Gasteiger partial charge in [0.2, 0.25) is 5.82 Å². The number of aromatic nitrogens is 4. The van der Waals surface area contributed by atoms with E-state index in [1.54, 1.807) is 4.80 Å². The molecule has 5 nitrogen and oxygen atoms in total. The first-order valence-corrected chi connectivity index (χ1v) is 5.39. The van der Waals surface area contributed by atoms with Crippen LogP contribution in [0.1, 0.15) is 39.1 Å². The van der Waals surface area contributed by atoms with E-state index in [2.05, 4.69) is 33.7 Å². The summed E-state index contributed by atoms with van der Waals surface area (Å²) in [5, 5.41) is 15.8. The van der Waals surface area contributed by atoms with Crippen molar-refractivity contribution in [3.63, 3.8) is 0 Å². The molecule has 82 valence electrons. The van der Waals surface area contributed by atoms with Crippen molar-refractivity contribution in [3.8, 4) is 0 Å². The molecule has 0 radical (unpaired) electrons. The van der Waals surface area contributed by atoms with Gasteiger partial charge in [0.05, 0.1) is 6.04 Å². The van der Waals surface area contributed by atoms with Gasteiger partial charge < -0.3 is 5.32 Å². The second-order valence-corrected chi connectivity index (χ2v) is 4.27. The Kier molecular flexibility index (Phi) is 2.81. The molecular formula is C10H17N5. The first-order valence-electron chi connectivity index (χ1n) is 5.39. The van der Waals surface area contributed by atoms with Crippen molar-refractivity contribution in [3.05, 3.63) is 11.9 Å². The van der Waals surface area contributed by atoms with Crippen LogP contribution in [0.4, 0.5) is 0 Å². The highest BCUT2D eigenvalue weighted by Gasteiger charge is 2.15. The molecule has 0 aliphatic carbocycles. The van der Waals surface area contributed by atoms with E-state index in [0.29, 0.717) is 6.04 Å². The summed E-state index contributed by atoms with van der Waals surface area (Å²) in [6.45, 7) is 7.10. The van der Waals surface area contributed by atoms with Crippen molar-refractivity contribution in [2.75, 3.05) is 6.54 Å². The molecule has 0 saturated heterocycles. The van der Waals surface area contributed by atoms with Gasteiger partial charge in [0.15, 0.2) is 0 Å². The minimum absolute atomic E-state index is 0.266. The van der Waals surface area contributed by atoms with Crippen LogP contribution >= 0.6 is 0 Å². The molecule has 1 aliphatic heterocycles. The van der Waals surface area contributed by atoms with Crippen LogP contribution in [0.5, 0.6) is 0 Å². The number of nitrogens with one attached hydrogen (secondary N) is 1. The van der Waals surface area contributed by atoms with Crippen LogP contribution in [-0.2, 0) is 0 Å². The van der Waals surface area contributed by atoms with Gasteiger partial charge in [-0.3, -0.25) is 0 Å². The third kappa shape index (κ3) is 2.23. The van der Waals surface area contributed by atoms with Crippen LogP contribution in [0.15, 0.2) is 6.08 Å². The standard InChI is InChI=1S/C10H17N5/c1-7(2)15-13-10(12-14-15)9-5-4-8(3)11-6-9/h5,7-8,11H,4,6H2,1-3H3. The molecule has 0 saturated carbocycles. The van der Waals surface area contributed by atoms with Gasteiger partial charge >= 0.3 is 0 Å². The average Bonchev–Trinajstić information content (AvgIpc) is 2.68. The second kappa shape index (κ2) is 4.10. The first kappa shape index (κ1) is 10.3. The molecule has 15 heavy (non-hydrogen) atoms. The lowest BCUT2D eigenvalue weighted by Crippen LogP contribution is -2.30. The first-order chi connectivity index (χ1) is 7.16. The van der Waals surface area contributed by atoms with E-state index in [0.717, 1.165) is 24.4 Å². The monoisotopic (exact) mass is 207 g/mol. The van der Waals surface area contributed by atoms with Crippen molar-refractivity contribution in [2.45, 2.75) is 39.3 Å². The van der Waals surface area contributed by atoms with Crippen LogP contribution < -0.4 is 5.32 Å². The maximum absolute atomic E-state index is 4.34. The molecule has 1 aliphatic rings. The average molecular weight is 207 g/mol. The quantitative estimate of drug-likeness (QED) is 0.786. The smallest absolute Gasteiger partial charge is 0.201 e. The van der Waals surface area contributed by atoms with Crippen LogP contribution in [0, 0.1) is 0 Å². The van der Waals surface area contributed by atoms with Crippen molar-refractivity contribution < 1.29 is 0 Å². The SMILES string of the molecule is CC1CC=C(c2nnn(C(C)C)n2)CN1. The van der Waals surface area contributed by atoms with Crippen LogP contribution in [0.2, 0.25) is 0 Å². The minimum atomic E-state index is 0.266. The highest BCUT2D eigenvalue weighted by molar-refractivity contribution is 5.61. The maximum atomic E-state index is 4.34. The molecule has 0 fully saturated rings. The molecule has 0 aromatic carbocycles. The lowest BCUT2D eigenvalue weighted by atomic mass is 10.1. The molecule has 2 heterocycles. The number of hydrogen-bond donors (Lipinski definition) is 1. The largest absolute Gasteiger partial charge is 0.310 e. The Labute approximate surface area is 89.6 Å². The molecule has 1 unspecified atom stereocenters. The fourth-order valence-corrected chi connectivity index (χ4v) is 1.50. The van der Waals surface area contributed by atoms with Gasteiger partial charge in [-0.25, -0.2) is 0 Å². The van der Waals surface area contributed by atoms with Gasteiger partial charge in [-0.15, -0.1) is 10.2 Å². The van der Waals surface area contributed by atoms with E-state index in [4.69, 9.17) is 0 Å². The maximum Gasteiger partial charge on any atom is 0.201 e. The van der Waals surface area contributed by atoms with Crippen molar-refractivity contribution in [2.24, 2.45) is 0 Å². The zero-order valence-electron chi connectivity index (χ0n) is 9.44. The van der Waals surface area contributed by atoms with Crippen LogP contribution in [-0.4, -0.2) is 32.8 Å². The van der Waals surface area contributed by atoms with E-state index >= 15 is 0 Å². The fourth-order valence-electron chi connectivity index (χ4n) is 1.50. The Morgan fingerprint density at radius 3 is 2.87 bits per heavy atom. The molecule has 1 N–H and O–H groups in total. The van der Waals surface area contributed by atoms with Crippen molar-refractivity contribution >= 4 is 5.57 Å². The predicted octanol–water partition coefficient (Wildman–Crippen LogP) is 1.02. The molecule has 0 bridgehead atoms. The van der Waals surface area contributed by atoms with Gasteiger partial charge in [0, 0.05) is 18.2 Å². The Morgan fingerprint density at radius 2 is 2.33 bits per heavy atom. The summed E-state index contributed by atoms with van der Waals surface area (Å²) in [5.74, 6) is 0.753. The molecule has 2 rings (SSSR count). The number of tetrazole rings is 1. The van der Waals surface area contributed by atoms with E-state index < -0.39 is 0 Å². The summed E-state index contributed by atoms with van der Waals surface area (Å²) in [4.78, 5) is 1.65. The van der Waals surface area contributed by atoms with E-state index in [1.807, 2.05) is 13.8 Å². The second-order valence-electron chi connectivity index (χ2n) is 4.27. The molecular weight excluding hydrogens is 190 g/mol. The van der Waals surface area contributed by atoms with Crippen molar-refractivity contribution in [1.82, 2.24) is 25.5 Å². The molecule has 1 aromatic heterocycles. The minimum Gasteiger partial charge on any atom is -0.310 e. The summed E-state index contributed by atoms with van der Waals surface area (Å²) in [7, 11) is 0. The number of nitrogens with zero attached hydrogens (tertiary/aromatic N) is 4. The fraction of sp³-hybridized carbons (Fsp3) is 0.700. The Morgan fingerprint density at radius 1 is 1.53 bits per heavy atom. The summed E-state index contributed by atoms with van der Waals surface area (Å²) < 4.78 is 0. The van der Waals surface area contributed by atoms with Gasteiger partial charge in [0.1, 0.15) is 0 Å². The summed E-state index contributed by atoms with van der Waals surface area (Å²) in [6, 6.07) is 0.816. The number of hydrogen-bond acceptors (Lipinski definition) is 4. The molecule has 0 spiro atoms. The highest BCUT2D eigenvalue weighted by Crippen LogP contribution is 2.14. The Hall–Kier alpha value is -1.23. The van der Waals surface area contributed by atoms with Crippen molar-refractivity contribution in [1.29, 1.82) is 0 Å². The predicted molar refractivity (Wildman–Crippen MR) is 58.3 cm³/mol. The normalized spacial score (nSPS) is 21.9. The lowest BCUT2D eigenvalue weighted by molar-refractivity contribution is 0.454. The molecule has 1 aromatic rings. The van der Waals surface area contributed by atoms with Gasteiger partial charge in [0.25, 0.3) is 0 Å². The summed E-state index contributed by atoms with van der Waals surface area (Å²) >= 11 is 0. The lowest BCUT2D eigenvalue weighted by Gasteiger charge is -2.18. The zero-order valence-corrected chi connectivity index (χ0v) is 9.44. The molecule has 1 atom stereocenters. The van der Waals surface area contributed by atoms with E-state index in [9.17, 15) is 0 Å². The van der Waals surface area contributed by atoms with E-state index in [-0.39, 0.29) is 6.04 Å². The topological polar surface area (TPSA) is 55.6 Å². The van der Waals surface area contributed by atoms with Gasteiger partial charge in [-0.2, -0.15) is 4.80 Å². The third-order valence-electron chi connectivity index (χ3n) is 2.54. The summed E-state index contributed by atoms with van der Waals surface area (Å²) in [5.41, 5.74) is 1.15. The molecule has 0 amide bonds. The van der Waals surface area contributed by atoms with Gasteiger partial charge in [-0.05, 0) is 32.4 Å². The Bertz CT molecular complexity index is 366. The number of rotatable bonds is 2. The van der Waals surface area contributed by atoms with Crippen LogP contribution in [0.25, 0.3) is 5.57 Å². The Balaban J connectivity index is 2.16. The van der Waals surface area contributed by atoms with Gasteiger partial charge in [-0.1, -0.05) is 6.08 Å².